The van der Waals surface area contributed by atoms with Gasteiger partial charge in [-0.15, -0.1) is 11.3 Å². The molecule has 0 radical (unpaired) electrons. The zero-order valence-electron chi connectivity index (χ0n) is 13.7. The maximum Gasteiger partial charge on any atom is 0.422 e. The molecule has 2 aromatic heterocycles. The number of nitrogens with one attached hydrogen (secondary N) is 1. The number of carbonyl (C=O) groups excluding carboxylic acids is 1. The number of hydrogen-bond acceptors (Lipinski definition) is 4. The number of carbonyl (C=O) groups is 1. The molecule has 1 fully saturated rings. The Labute approximate surface area is 146 Å². The van der Waals surface area contributed by atoms with E-state index in [2.05, 4.69) is 10.3 Å². The van der Waals surface area contributed by atoms with Crippen LogP contribution in [0.5, 0.6) is 5.06 Å². The van der Waals surface area contributed by atoms with E-state index in [1.54, 1.807) is 19.2 Å². The Morgan fingerprint density at radius 3 is 2.92 bits per heavy atom. The molecule has 0 bridgehead atoms. The smallest absolute Gasteiger partial charge is 0.422 e. The van der Waals surface area contributed by atoms with Gasteiger partial charge in [-0.3, -0.25) is 4.79 Å². The fourth-order valence-corrected chi connectivity index (χ4v) is 3.55. The Morgan fingerprint density at radius 1 is 1.52 bits per heavy atom. The molecule has 1 N–H and O–H groups in total. The van der Waals surface area contributed by atoms with E-state index >= 15 is 0 Å². The van der Waals surface area contributed by atoms with E-state index in [0.717, 1.165) is 28.5 Å². The maximum absolute atomic E-state index is 12.3. The van der Waals surface area contributed by atoms with Gasteiger partial charge >= 0.3 is 6.18 Å². The van der Waals surface area contributed by atoms with E-state index in [0.29, 0.717) is 0 Å². The van der Waals surface area contributed by atoms with Gasteiger partial charge in [0.25, 0.3) is 0 Å². The van der Waals surface area contributed by atoms with E-state index in [9.17, 15) is 18.0 Å². The Kier molecular flexibility index (Phi) is 4.77. The van der Waals surface area contributed by atoms with Crippen LogP contribution in [0.25, 0.3) is 0 Å². The number of hydrogen-bond donors (Lipinski definition) is 1. The van der Waals surface area contributed by atoms with E-state index in [-0.39, 0.29) is 28.8 Å². The second-order valence-corrected chi connectivity index (χ2v) is 7.21. The van der Waals surface area contributed by atoms with E-state index in [1.165, 1.54) is 6.07 Å². The minimum Gasteiger partial charge on any atom is -0.475 e. The summed E-state index contributed by atoms with van der Waals surface area (Å²) in [5, 5.41) is 3.10. The van der Waals surface area contributed by atoms with Gasteiger partial charge in [0.15, 0.2) is 11.7 Å². The van der Waals surface area contributed by atoms with Crippen molar-refractivity contribution in [3.8, 4) is 5.06 Å². The molecular formula is C16H18F3N3O2S. The van der Waals surface area contributed by atoms with Crippen molar-refractivity contribution in [1.29, 1.82) is 0 Å². The summed E-state index contributed by atoms with van der Waals surface area (Å²) in [6, 6.07) is 2.87. The van der Waals surface area contributed by atoms with Crippen molar-refractivity contribution < 1.29 is 22.7 Å². The second kappa shape index (κ2) is 6.70. The number of ether oxygens (including phenoxy) is 1. The molecule has 1 amide bonds. The maximum atomic E-state index is 12.3. The highest BCUT2D eigenvalue weighted by molar-refractivity contribution is 7.13. The van der Waals surface area contributed by atoms with Crippen LogP contribution in [0.2, 0.25) is 0 Å². The largest absolute Gasteiger partial charge is 0.475 e. The van der Waals surface area contributed by atoms with Crippen LogP contribution in [0.4, 0.5) is 13.2 Å². The molecule has 9 heteroatoms. The summed E-state index contributed by atoms with van der Waals surface area (Å²) in [6.07, 6.45) is -0.0531. The van der Waals surface area contributed by atoms with Gasteiger partial charge < -0.3 is 14.6 Å². The normalized spacial score (nSPS) is 21.0. The number of aromatic nitrogens is 2. The topological polar surface area (TPSA) is 56.2 Å². The molecule has 136 valence electrons. The summed E-state index contributed by atoms with van der Waals surface area (Å²) in [6.45, 7) is 0.483. The van der Waals surface area contributed by atoms with Crippen molar-refractivity contribution >= 4 is 17.2 Å². The molecule has 0 aromatic carbocycles. The highest BCUT2D eigenvalue weighted by Crippen LogP contribution is 2.47. The number of nitrogens with zero attached hydrogens (tertiary/aromatic N) is 2. The fraction of sp³-hybridized carbons (Fsp3) is 0.500. The Hall–Kier alpha value is -2.03. The lowest BCUT2D eigenvalue weighted by atomic mass is 10.2. The fourth-order valence-electron chi connectivity index (χ4n) is 2.69. The first kappa shape index (κ1) is 17.8. The second-order valence-electron chi connectivity index (χ2n) is 6.14. The number of amides is 1. The lowest BCUT2D eigenvalue weighted by Crippen LogP contribution is -2.28. The zero-order valence-corrected chi connectivity index (χ0v) is 14.5. The van der Waals surface area contributed by atoms with Crippen molar-refractivity contribution in [2.45, 2.75) is 31.5 Å². The minimum absolute atomic E-state index is 0.0633. The van der Waals surface area contributed by atoms with Gasteiger partial charge in [-0.1, -0.05) is 0 Å². The average Bonchev–Trinajstić information content (AvgIpc) is 2.97. The first-order valence-corrected chi connectivity index (χ1v) is 8.63. The number of rotatable bonds is 6. The van der Waals surface area contributed by atoms with Gasteiger partial charge in [-0.05, 0) is 25.5 Å². The molecule has 3 rings (SSSR count). The average molecular weight is 373 g/mol. The van der Waals surface area contributed by atoms with Gasteiger partial charge in [-0.2, -0.15) is 13.2 Å². The van der Waals surface area contributed by atoms with Crippen LogP contribution in [-0.4, -0.2) is 28.2 Å². The van der Waals surface area contributed by atoms with Crippen LogP contribution < -0.4 is 10.1 Å². The lowest BCUT2D eigenvalue weighted by molar-refractivity contribution is -0.152. The molecule has 0 spiro atoms. The SMILES string of the molecule is CC(NC(=O)C1CC1c1nccn1C)c1ccc(OCC(F)(F)F)s1. The van der Waals surface area contributed by atoms with Crippen LogP contribution in [0.1, 0.15) is 36.0 Å². The van der Waals surface area contributed by atoms with Crippen LogP contribution in [0.15, 0.2) is 24.5 Å². The molecule has 5 nitrogen and oxygen atoms in total. The lowest BCUT2D eigenvalue weighted by Gasteiger charge is -2.12. The molecule has 2 aromatic rings. The molecule has 0 saturated heterocycles. The minimum atomic E-state index is -4.37. The quantitative estimate of drug-likeness (QED) is 0.844. The summed E-state index contributed by atoms with van der Waals surface area (Å²) in [4.78, 5) is 17.4. The number of aryl methyl sites for hydroxylation is 1. The summed E-state index contributed by atoms with van der Waals surface area (Å²) >= 11 is 1.10. The number of thiophene rings is 1. The summed E-state index contributed by atoms with van der Waals surface area (Å²) in [7, 11) is 1.90. The van der Waals surface area contributed by atoms with Gasteiger partial charge in [0, 0.05) is 36.2 Å². The molecule has 1 saturated carbocycles. The van der Waals surface area contributed by atoms with Crippen molar-refractivity contribution in [1.82, 2.24) is 14.9 Å². The zero-order chi connectivity index (χ0) is 18.2. The first-order chi connectivity index (χ1) is 11.7. The monoisotopic (exact) mass is 373 g/mol. The number of alkyl halides is 3. The van der Waals surface area contributed by atoms with E-state index < -0.39 is 12.8 Å². The van der Waals surface area contributed by atoms with Gasteiger partial charge in [0.05, 0.1) is 6.04 Å². The van der Waals surface area contributed by atoms with Gasteiger partial charge in [0.2, 0.25) is 5.91 Å². The van der Waals surface area contributed by atoms with E-state index in [1.807, 2.05) is 17.8 Å². The van der Waals surface area contributed by atoms with Crippen molar-refractivity contribution in [3.05, 3.63) is 35.2 Å². The first-order valence-electron chi connectivity index (χ1n) is 7.81. The summed E-state index contributed by atoms with van der Waals surface area (Å²) < 4.78 is 43.1. The highest BCUT2D eigenvalue weighted by atomic mass is 32.1. The molecule has 3 unspecified atom stereocenters. The predicted octanol–water partition coefficient (Wildman–Crippen LogP) is 3.40. The third-order valence-electron chi connectivity index (χ3n) is 4.08. The summed E-state index contributed by atoms with van der Waals surface area (Å²) in [5.41, 5.74) is 0. The standard InChI is InChI=1S/C16H18F3N3O2S/c1-9(12-3-4-13(25-12)24-8-16(17,18)19)21-15(23)11-7-10(11)14-20-5-6-22(14)2/h3-6,9-11H,7-8H2,1-2H3,(H,21,23). The van der Waals surface area contributed by atoms with E-state index in [4.69, 9.17) is 4.74 Å². The Balaban J connectivity index is 1.53. The van der Waals surface area contributed by atoms with Crippen molar-refractivity contribution in [2.24, 2.45) is 13.0 Å². The molecule has 1 aliphatic carbocycles. The molecule has 3 atom stereocenters. The third kappa shape index (κ3) is 4.33. The number of halogens is 3. The predicted molar refractivity (Wildman–Crippen MR) is 86.5 cm³/mol. The van der Waals surface area contributed by atoms with Crippen LogP contribution >= 0.6 is 11.3 Å². The highest BCUT2D eigenvalue weighted by Gasteiger charge is 2.46. The molecular weight excluding hydrogens is 355 g/mol. The van der Waals surface area contributed by atoms with Crippen molar-refractivity contribution in [3.63, 3.8) is 0 Å². The Morgan fingerprint density at radius 2 is 2.28 bits per heavy atom. The summed E-state index contributed by atoms with van der Waals surface area (Å²) in [5.74, 6) is 0.851. The Bertz CT molecular complexity index is 756. The van der Waals surface area contributed by atoms with Gasteiger partial charge in [0.1, 0.15) is 5.82 Å². The van der Waals surface area contributed by atoms with Crippen LogP contribution in [-0.2, 0) is 11.8 Å². The molecule has 2 heterocycles. The van der Waals surface area contributed by atoms with Crippen LogP contribution in [0, 0.1) is 5.92 Å². The van der Waals surface area contributed by atoms with Crippen LogP contribution in [0.3, 0.4) is 0 Å². The number of imidazole rings is 1. The molecule has 1 aliphatic rings. The van der Waals surface area contributed by atoms with Crippen molar-refractivity contribution in [2.75, 3.05) is 6.61 Å². The third-order valence-corrected chi connectivity index (χ3v) is 5.26. The molecule has 25 heavy (non-hydrogen) atoms. The molecule has 0 aliphatic heterocycles. The van der Waals surface area contributed by atoms with Gasteiger partial charge in [-0.25, -0.2) is 4.98 Å².